The average Bonchev–Trinajstić information content (AvgIpc) is 2.72. The number of nitrogens with zero attached hydrogens (tertiary/aromatic N) is 1. The zero-order valence-electron chi connectivity index (χ0n) is 16.0. The second-order valence-corrected chi connectivity index (χ2v) is 8.67. The van der Waals surface area contributed by atoms with Gasteiger partial charge >= 0.3 is 0 Å². The Hall–Kier alpha value is -2.10. The van der Waals surface area contributed by atoms with Crippen LogP contribution in [0.4, 0.5) is 13.2 Å². The van der Waals surface area contributed by atoms with Gasteiger partial charge in [0.1, 0.15) is 16.5 Å². The molecule has 0 spiro atoms. The van der Waals surface area contributed by atoms with E-state index in [1.165, 1.54) is 0 Å². The van der Waals surface area contributed by atoms with E-state index in [1.807, 2.05) is 12.1 Å². The molecule has 29 heavy (non-hydrogen) atoms. The molecule has 0 radical (unpaired) electrons. The Bertz CT molecular complexity index is 946. The quantitative estimate of drug-likeness (QED) is 0.685. The molecule has 0 aliphatic carbocycles. The number of methoxy groups -OCH3 is 1. The molecule has 158 valence electrons. The Morgan fingerprint density at radius 2 is 1.62 bits per heavy atom. The van der Waals surface area contributed by atoms with Crippen LogP contribution in [0.25, 0.3) is 0 Å². The van der Waals surface area contributed by atoms with Gasteiger partial charge in [-0.05, 0) is 49.7 Å². The summed E-state index contributed by atoms with van der Waals surface area (Å²) in [5.74, 6) is -3.52. The van der Waals surface area contributed by atoms with Crippen LogP contribution in [0.3, 0.4) is 0 Å². The van der Waals surface area contributed by atoms with Crippen LogP contribution in [0.15, 0.2) is 41.3 Å². The molecule has 2 aromatic carbocycles. The Balaban J connectivity index is 1.84. The third-order valence-electron chi connectivity index (χ3n) is 5.06. The monoisotopic (exact) mass is 428 g/mol. The SMILES string of the molecule is COc1ccc(C(CNS(=O)(=O)c2cc(F)c(F)cc2F)N2CCCCC2)cc1. The molecule has 0 amide bonds. The van der Waals surface area contributed by atoms with E-state index >= 15 is 0 Å². The third-order valence-corrected chi connectivity index (χ3v) is 6.50. The van der Waals surface area contributed by atoms with Crippen molar-refractivity contribution < 1.29 is 26.3 Å². The Labute approximate surface area is 168 Å². The molecule has 3 rings (SSSR count). The minimum atomic E-state index is -4.37. The third kappa shape index (κ3) is 5.09. The van der Waals surface area contributed by atoms with Crippen molar-refractivity contribution in [2.45, 2.75) is 30.2 Å². The van der Waals surface area contributed by atoms with E-state index in [1.54, 1.807) is 19.2 Å². The lowest BCUT2D eigenvalue weighted by molar-refractivity contribution is 0.164. The van der Waals surface area contributed by atoms with E-state index in [2.05, 4.69) is 9.62 Å². The highest BCUT2D eigenvalue weighted by Gasteiger charge is 2.27. The summed E-state index contributed by atoms with van der Waals surface area (Å²) >= 11 is 0. The second kappa shape index (κ2) is 9.15. The van der Waals surface area contributed by atoms with Gasteiger partial charge in [-0.3, -0.25) is 4.90 Å². The first-order chi connectivity index (χ1) is 13.8. The number of halogens is 3. The van der Waals surface area contributed by atoms with Gasteiger partial charge in [0.25, 0.3) is 0 Å². The lowest BCUT2D eigenvalue weighted by Gasteiger charge is -2.35. The largest absolute Gasteiger partial charge is 0.497 e. The number of sulfonamides is 1. The van der Waals surface area contributed by atoms with Crippen LogP contribution in [-0.2, 0) is 10.0 Å². The van der Waals surface area contributed by atoms with Gasteiger partial charge in [-0.25, -0.2) is 26.3 Å². The van der Waals surface area contributed by atoms with E-state index in [-0.39, 0.29) is 18.7 Å². The molecule has 1 aliphatic heterocycles. The maximum Gasteiger partial charge on any atom is 0.243 e. The zero-order chi connectivity index (χ0) is 21.0. The number of benzene rings is 2. The molecule has 2 aromatic rings. The maximum atomic E-state index is 14.0. The van der Waals surface area contributed by atoms with E-state index in [0.29, 0.717) is 11.8 Å². The summed E-state index contributed by atoms with van der Waals surface area (Å²) < 4.78 is 73.2. The highest BCUT2D eigenvalue weighted by molar-refractivity contribution is 7.89. The number of likely N-dealkylation sites (tertiary alicyclic amines) is 1. The number of nitrogens with one attached hydrogen (secondary N) is 1. The van der Waals surface area contributed by atoms with Crippen LogP contribution in [-0.4, -0.2) is 40.1 Å². The molecule has 1 atom stereocenters. The van der Waals surface area contributed by atoms with E-state index in [9.17, 15) is 21.6 Å². The maximum absolute atomic E-state index is 14.0. The molecule has 9 heteroatoms. The summed E-state index contributed by atoms with van der Waals surface area (Å²) in [4.78, 5) is 1.25. The van der Waals surface area contributed by atoms with Gasteiger partial charge in [0.15, 0.2) is 11.6 Å². The number of hydrogen-bond acceptors (Lipinski definition) is 4. The molecule has 1 N–H and O–H groups in total. The predicted octanol–water partition coefficient (Wildman–Crippen LogP) is 3.62. The Kier molecular flexibility index (Phi) is 6.81. The fourth-order valence-electron chi connectivity index (χ4n) is 3.49. The highest BCUT2D eigenvalue weighted by Crippen LogP contribution is 2.27. The molecule has 1 heterocycles. The van der Waals surface area contributed by atoms with Crippen molar-refractivity contribution in [1.82, 2.24) is 9.62 Å². The van der Waals surface area contributed by atoms with Crippen molar-refractivity contribution in [3.8, 4) is 5.75 Å². The number of rotatable bonds is 7. The van der Waals surface area contributed by atoms with Crippen molar-refractivity contribution in [3.05, 3.63) is 59.4 Å². The standard InChI is InChI=1S/C20H23F3N2O3S/c1-28-15-7-5-14(6-8-15)19(25-9-3-2-4-10-25)13-24-29(26,27)20-12-17(22)16(21)11-18(20)23/h5-8,11-12,19,24H,2-4,9-10,13H2,1H3. The zero-order valence-corrected chi connectivity index (χ0v) is 16.8. The molecule has 1 unspecified atom stereocenters. The molecular weight excluding hydrogens is 405 g/mol. The van der Waals surface area contributed by atoms with Crippen LogP contribution in [0.1, 0.15) is 30.9 Å². The minimum Gasteiger partial charge on any atom is -0.497 e. The van der Waals surface area contributed by atoms with E-state index in [0.717, 1.165) is 37.9 Å². The molecule has 1 fully saturated rings. The van der Waals surface area contributed by atoms with Crippen molar-refractivity contribution >= 4 is 10.0 Å². The van der Waals surface area contributed by atoms with Gasteiger partial charge in [0.05, 0.1) is 7.11 Å². The van der Waals surface area contributed by atoms with Gasteiger partial charge in [-0.2, -0.15) is 0 Å². The molecule has 1 saturated heterocycles. The van der Waals surface area contributed by atoms with Crippen LogP contribution in [0, 0.1) is 17.5 Å². The lowest BCUT2D eigenvalue weighted by Crippen LogP contribution is -2.40. The average molecular weight is 428 g/mol. The second-order valence-electron chi connectivity index (χ2n) is 6.93. The highest BCUT2D eigenvalue weighted by atomic mass is 32.2. The van der Waals surface area contributed by atoms with Crippen molar-refractivity contribution in [1.29, 1.82) is 0 Å². The number of hydrogen-bond donors (Lipinski definition) is 1. The van der Waals surface area contributed by atoms with Crippen molar-refractivity contribution in [3.63, 3.8) is 0 Å². The Morgan fingerprint density at radius 1 is 1.00 bits per heavy atom. The summed E-state index contributed by atoms with van der Waals surface area (Å²) in [6, 6.07) is 7.58. The van der Waals surface area contributed by atoms with Crippen molar-refractivity contribution in [2.75, 3.05) is 26.7 Å². The summed E-state index contributed by atoms with van der Waals surface area (Å²) in [6.45, 7) is 1.57. The van der Waals surface area contributed by atoms with Gasteiger partial charge < -0.3 is 4.74 Å². The minimum absolute atomic E-state index is 0.0346. The molecule has 0 saturated carbocycles. The smallest absolute Gasteiger partial charge is 0.243 e. The predicted molar refractivity (Wildman–Crippen MR) is 103 cm³/mol. The summed E-state index contributed by atoms with van der Waals surface area (Å²) in [7, 11) is -2.81. The first kappa shape index (κ1) is 21.6. The van der Waals surface area contributed by atoms with Crippen LogP contribution in [0.2, 0.25) is 0 Å². The van der Waals surface area contributed by atoms with Gasteiger partial charge in [0.2, 0.25) is 10.0 Å². The molecule has 5 nitrogen and oxygen atoms in total. The molecular formula is C20H23F3N2O3S. The summed E-state index contributed by atoms with van der Waals surface area (Å²) in [6.07, 6.45) is 3.10. The van der Waals surface area contributed by atoms with Crippen LogP contribution >= 0.6 is 0 Å². The van der Waals surface area contributed by atoms with Crippen LogP contribution < -0.4 is 9.46 Å². The van der Waals surface area contributed by atoms with Crippen LogP contribution in [0.5, 0.6) is 5.75 Å². The summed E-state index contributed by atoms with van der Waals surface area (Å²) in [5.41, 5.74) is 0.876. The lowest BCUT2D eigenvalue weighted by atomic mass is 10.0. The fourth-order valence-corrected chi connectivity index (χ4v) is 4.60. The van der Waals surface area contributed by atoms with Gasteiger partial charge in [0, 0.05) is 18.7 Å². The fraction of sp³-hybridized carbons (Fsp3) is 0.400. The Morgan fingerprint density at radius 3 is 2.24 bits per heavy atom. The number of ether oxygens (including phenoxy) is 1. The molecule has 0 bridgehead atoms. The molecule has 1 aliphatic rings. The first-order valence-corrected chi connectivity index (χ1v) is 10.8. The normalized spacial score (nSPS) is 16.6. The first-order valence-electron chi connectivity index (χ1n) is 9.34. The van der Waals surface area contributed by atoms with Gasteiger partial charge in [-0.1, -0.05) is 18.6 Å². The van der Waals surface area contributed by atoms with E-state index < -0.39 is 32.4 Å². The molecule has 0 aromatic heterocycles. The number of piperidine rings is 1. The topological polar surface area (TPSA) is 58.6 Å². The summed E-state index contributed by atoms with van der Waals surface area (Å²) in [5, 5.41) is 0. The van der Waals surface area contributed by atoms with E-state index in [4.69, 9.17) is 4.74 Å². The van der Waals surface area contributed by atoms with Crippen molar-refractivity contribution in [2.24, 2.45) is 0 Å². The van der Waals surface area contributed by atoms with Gasteiger partial charge in [-0.15, -0.1) is 0 Å².